The normalized spacial score (nSPS) is 18.9. The predicted molar refractivity (Wildman–Crippen MR) is 138 cm³/mol. The summed E-state index contributed by atoms with van der Waals surface area (Å²) in [5, 5.41) is 23.9. The predicted octanol–water partition coefficient (Wildman–Crippen LogP) is -0.986. The lowest BCUT2D eigenvalue weighted by Crippen LogP contribution is -2.71. The number of oxime groups is 1. The minimum absolute atomic E-state index is 0.0519. The molecule has 3 aromatic heterocycles. The van der Waals surface area contributed by atoms with Crippen LogP contribution in [-0.4, -0.2) is 80.5 Å². The Morgan fingerprint density at radius 1 is 1.21 bits per heavy atom. The van der Waals surface area contributed by atoms with Gasteiger partial charge in [-0.05, 0) is 28.9 Å². The maximum Gasteiger partial charge on any atom is 0.451 e. The second kappa shape index (κ2) is 10.6. The summed E-state index contributed by atoms with van der Waals surface area (Å²) in [6.07, 6.45) is 3.14. The molecule has 16 nitrogen and oxygen atoms in total. The zero-order chi connectivity index (χ0) is 27.8. The van der Waals surface area contributed by atoms with Crippen LogP contribution in [0.1, 0.15) is 16.2 Å². The number of anilines is 1. The molecule has 39 heavy (non-hydrogen) atoms. The van der Waals surface area contributed by atoms with E-state index in [1.54, 1.807) is 17.0 Å². The average molecular weight is 608 g/mol. The third kappa shape index (κ3) is 5.01. The van der Waals surface area contributed by atoms with Crippen LogP contribution in [0.5, 0.6) is 0 Å². The number of nitrogens with one attached hydrogen (secondary N) is 1. The molecule has 3 amide bonds. The van der Waals surface area contributed by atoms with Gasteiger partial charge in [-0.25, -0.2) is 9.36 Å². The van der Waals surface area contributed by atoms with Crippen molar-refractivity contribution < 1.29 is 34.1 Å². The van der Waals surface area contributed by atoms with Crippen LogP contribution in [0.3, 0.4) is 0 Å². The lowest BCUT2D eigenvalue weighted by atomic mass is 10.0. The Morgan fingerprint density at radius 2 is 1.95 bits per heavy atom. The fraction of sp³-hybridized carbons (Fsp3) is 0.158. The first-order valence-corrected chi connectivity index (χ1v) is 14.0. The molecule has 2 aliphatic rings. The smallest absolute Gasteiger partial charge is 0.451 e. The number of pyridine rings is 1. The van der Waals surface area contributed by atoms with Gasteiger partial charge in [0.25, 0.3) is 16.2 Å². The van der Waals surface area contributed by atoms with Gasteiger partial charge in [0.05, 0.1) is 12.4 Å². The monoisotopic (exact) mass is 607 g/mol. The molecule has 1 fully saturated rings. The third-order valence-electron chi connectivity index (χ3n) is 5.34. The second-order valence-corrected chi connectivity index (χ2v) is 11.6. The number of thioether (sulfide) groups is 2. The van der Waals surface area contributed by atoms with Crippen molar-refractivity contribution in [2.75, 3.05) is 11.5 Å². The fourth-order valence-electron chi connectivity index (χ4n) is 3.58. The molecule has 5 heterocycles. The number of hydrogen-bond acceptors (Lipinski definition) is 15. The minimum Gasteiger partial charge on any atom is -0.477 e. The van der Waals surface area contributed by atoms with Gasteiger partial charge in [-0.3, -0.25) is 19.3 Å². The highest BCUT2D eigenvalue weighted by Gasteiger charge is 2.55. The van der Waals surface area contributed by atoms with Crippen LogP contribution in [0.2, 0.25) is 0 Å². The first-order chi connectivity index (χ1) is 18.7. The SMILES string of the molecule is NC(=O)c1cc[n+](-c2nsc(SC3=C(C(=O)O)N4C(=O)[C@@H](NC(=O)/C(=N/O)c5nsc(N)n5)C4SC3)n2)cc1. The third-order valence-corrected chi connectivity index (χ3v) is 9.17. The van der Waals surface area contributed by atoms with Crippen LogP contribution in [0.15, 0.2) is 44.6 Å². The molecule has 2 aliphatic heterocycles. The van der Waals surface area contributed by atoms with Crippen LogP contribution >= 0.6 is 46.6 Å². The number of rotatable bonds is 8. The van der Waals surface area contributed by atoms with Crippen molar-refractivity contribution in [3.63, 3.8) is 0 Å². The first-order valence-electron chi connectivity index (χ1n) is 10.5. The van der Waals surface area contributed by atoms with Crippen molar-refractivity contribution in [3.05, 3.63) is 46.5 Å². The van der Waals surface area contributed by atoms with Gasteiger partial charge in [0.2, 0.25) is 17.4 Å². The molecule has 0 spiro atoms. The molecule has 5 rings (SSSR count). The summed E-state index contributed by atoms with van der Waals surface area (Å²) in [4.78, 5) is 58.7. The molecule has 20 heteroatoms. The lowest BCUT2D eigenvalue weighted by Gasteiger charge is -2.49. The first kappa shape index (κ1) is 26.5. The number of nitrogens with zero attached hydrogens (tertiary/aromatic N) is 7. The summed E-state index contributed by atoms with van der Waals surface area (Å²) in [6.45, 7) is 0. The van der Waals surface area contributed by atoms with E-state index in [1.807, 2.05) is 0 Å². The Balaban J connectivity index is 1.31. The molecule has 0 aromatic carbocycles. The van der Waals surface area contributed by atoms with E-state index in [0.29, 0.717) is 20.8 Å². The molecule has 0 saturated carbocycles. The van der Waals surface area contributed by atoms with Gasteiger partial charge in [0.1, 0.15) is 28.6 Å². The highest BCUT2D eigenvalue weighted by atomic mass is 32.2. The number of carboxylic acid groups (broad SMARTS) is 1. The Morgan fingerprint density at radius 3 is 2.56 bits per heavy atom. The summed E-state index contributed by atoms with van der Waals surface area (Å²) >= 11 is 4.14. The highest BCUT2D eigenvalue weighted by molar-refractivity contribution is 8.07. The summed E-state index contributed by atoms with van der Waals surface area (Å²) in [5.41, 5.74) is 10.3. The molecule has 2 atom stereocenters. The van der Waals surface area contributed by atoms with Crippen molar-refractivity contribution >= 4 is 81.1 Å². The Labute approximate surface area is 234 Å². The van der Waals surface area contributed by atoms with Gasteiger partial charge in [-0.1, -0.05) is 5.16 Å². The molecular formula is C19H15N10O6S4+. The van der Waals surface area contributed by atoms with E-state index < -0.39 is 40.8 Å². The van der Waals surface area contributed by atoms with Crippen LogP contribution in [0.4, 0.5) is 5.13 Å². The molecule has 1 unspecified atom stereocenters. The number of aromatic nitrogens is 5. The summed E-state index contributed by atoms with van der Waals surface area (Å²) in [6, 6.07) is 1.97. The number of β-lactam (4-membered cyclic amide) rings is 1. The minimum atomic E-state index is -1.32. The molecule has 3 aromatic rings. The number of primary amides is 1. The number of amides is 3. The second-order valence-electron chi connectivity index (χ2n) is 7.66. The van der Waals surface area contributed by atoms with E-state index in [1.165, 1.54) is 23.9 Å². The topological polar surface area (TPSA) is 244 Å². The summed E-state index contributed by atoms with van der Waals surface area (Å²) < 4.78 is 10.1. The van der Waals surface area contributed by atoms with E-state index in [9.17, 15) is 29.5 Å². The Kier molecular flexibility index (Phi) is 7.16. The van der Waals surface area contributed by atoms with Crippen molar-refractivity contribution in [2.24, 2.45) is 10.9 Å². The Hall–Kier alpha value is -4.14. The van der Waals surface area contributed by atoms with Crippen LogP contribution in [0.25, 0.3) is 5.95 Å². The van der Waals surface area contributed by atoms with Crippen LogP contribution < -0.4 is 21.4 Å². The van der Waals surface area contributed by atoms with Crippen molar-refractivity contribution in [1.29, 1.82) is 0 Å². The van der Waals surface area contributed by atoms with E-state index >= 15 is 0 Å². The quantitative estimate of drug-likeness (QED) is 0.0680. The number of fused-ring (bicyclic) bond motifs is 1. The van der Waals surface area contributed by atoms with Gasteiger partial charge in [-0.15, -0.1) is 11.8 Å². The summed E-state index contributed by atoms with van der Waals surface area (Å²) in [7, 11) is 0. The van der Waals surface area contributed by atoms with Crippen LogP contribution in [-0.2, 0) is 14.4 Å². The molecule has 0 bridgehead atoms. The molecule has 200 valence electrons. The van der Waals surface area contributed by atoms with E-state index in [4.69, 9.17) is 11.5 Å². The fourth-order valence-corrected chi connectivity index (χ4v) is 7.25. The number of aliphatic carboxylic acids is 1. The lowest BCUT2D eigenvalue weighted by molar-refractivity contribution is -0.603. The van der Waals surface area contributed by atoms with E-state index in [0.717, 1.165) is 39.7 Å². The van der Waals surface area contributed by atoms with Gasteiger partial charge >= 0.3 is 11.9 Å². The maximum absolute atomic E-state index is 12.9. The Bertz CT molecular complexity index is 1570. The van der Waals surface area contributed by atoms with Gasteiger partial charge in [-0.2, -0.15) is 9.36 Å². The van der Waals surface area contributed by atoms with Crippen molar-refractivity contribution in [2.45, 2.75) is 15.8 Å². The number of carboxylic acids is 1. The van der Waals surface area contributed by atoms with E-state index in [2.05, 4.69) is 29.2 Å². The highest BCUT2D eigenvalue weighted by Crippen LogP contribution is 2.45. The molecule has 0 aliphatic carbocycles. The molecule has 1 saturated heterocycles. The number of carbonyl (C=O) groups is 4. The zero-order valence-corrected chi connectivity index (χ0v) is 22.4. The molecular weight excluding hydrogens is 593 g/mol. The zero-order valence-electron chi connectivity index (χ0n) is 19.1. The standard InChI is InChI=1S/C19H14N10O6S4/c20-11(30)6-1-3-28(4-2-6)18-24-19(39-27-18)37-7-5-36-15-9(14(32)29(15)10(7)16(33)34)22-13(31)8(25-35)12-23-17(21)38-26-12/h1-4,9,15H,5H2,(H6-,20,21,22,23,26,30,31,33,34,35)/p+1/t9-,15?/m1/s1. The average Bonchev–Trinajstić information content (AvgIpc) is 3.56. The van der Waals surface area contributed by atoms with Crippen LogP contribution in [0, 0.1) is 0 Å². The number of nitrogens with two attached hydrogens (primary N) is 2. The molecule has 7 N–H and O–H groups in total. The number of hydrogen-bond donors (Lipinski definition) is 5. The largest absolute Gasteiger partial charge is 0.477 e. The number of carbonyl (C=O) groups excluding carboxylic acids is 3. The maximum atomic E-state index is 12.9. The van der Waals surface area contributed by atoms with Gasteiger partial charge < -0.3 is 27.1 Å². The summed E-state index contributed by atoms with van der Waals surface area (Å²) in [5.74, 6) is -3.15. The number of nitrogen functional groups attached to an aromatic ring is 1. The van der Waals surface area contributed by atoms with Gasteiger partial charge in [0.15, 0.2) is 5.13 Å². The van der Waals surface area contributed by atoms with Gasteiger partial charge in [0, 0.05) is 32.1 Å². The van der Waals surface area contributed by atoms with Crippen molar-refractivity contribution in [1.82, 2.24) is 28.9 Å². The van der Waals surface area contributed by atoms with Crippen molar-refractivity contribution in [3.8, 4) is 5.95 Å². The van der Waals surface area contributed by atoms with E-state index in [-0.39, 0.29) is 22.4 Å². The molecule has 0 radical (unpaired) electrons.